The minimum atomic E-state index is -0.615. The Morgan fingerprint density at radius 2 is 1.67 bits per heavy atom. The SMILES string of the molecule is CC(=O)N[C@@H](C)c1cc(Cl)ccc1C1CCN(C(=O)[C@@H]2CN(C(C)(C)C)C[C@H]2c2ccc(F)cc2F)CC1.Cl. The topological polar surface area (TPSA) is 52.7 Å². The van der Waals surface area contributed by atoms with Gasteiger partial charge < -0.3 is 10.2 Å². The zero-order valence-corrected chi connectivity index (χ0v) is 24.8. The van der Waals surface area contributed by atoms with Gasteiger partial charge in [0.05, 0.1) is 12.0 Å². The molecule has 39 heavy (non-hydrogen) atoms. The normalized spacial score (nSPS) is 21.4. The van der Waals surface area contributed by atoms with Crippen molar-refractivity contribution in [2.45, 2.75) is 70.9 Å². The van der Waals surface area contributed by atoms with E-state index in [0.717, 1.165) is 30.0 Å². The molecule has 4 rings (SSSR count). The van der Waals surface area contributed by atoms with Crippen LogP contribution >= 0.6 is 24.0 Å². The van der Waals surface area contributed by atoms with E-state index in [-0.39, 0.29) is 47.6 Å². The number of hydrogen-bond donors (Lipinski definition) is 1. The van der Waals surface area contributed by atoms with Gasteiger partial charge in [0, 0.05) is 55.6 Å². The Bertz CT molecular complexity index is 1200. The number of nitrogens with zero attached hydrogens (tertiary/aromatic N) is 2. The molecule has 2 aromatic carbocycles. The molecule has 2 aliphatic rings. The van der Waals surface area contributed by atoms with E-state index in [2.05, 4.69) is 31.0 Å². The van der Waals surface area contributed by atoms with Gasteiger partial charge in [-0.2, -0.15) is 0 Å². The molecular formula is C30H39Cl2F2N3O2. The molecule has 0 saturated carbocycles. The van der Waals surface area contributed by atoms with Gasteiger partial charge >= 0.3 is 0 Å². The second-order valence-electron chi connectivity index (χ2n) is 11.7. The number of amides is 2. The summed E-state index contributed by atoms with van der Waals surface area (Å²) in [5.74, 6) is -1.76. The lowest BCUT2D eigenvalue weighted by Crippen LogP contribution is -2.44. The van der Waals surface area contributed by atoms with Crippen molar-refractivity contribution in [2.24, 2.45) is 5.92 Å². The van der Waals surface area contributed by atoms with Crippen LogP contribution < -0.4 is 5.32 Å². The maximum atomic E-state index is 14.8. The first kappa shape index (κ1) is 31.3. The van der Waals surface area contributed by atoms with Gasteiger partial charge in [0.15, 0.2) is 0 Å². The van der Waals surface area contributed by atoms with Gasteiger partial charge in [-0.05, 0) is 81.3 Å². The summed E-state index contributed by atoms with van der Waals surface area (Å²) in [4.78, 5) is 29.7. The number of carbonyl (C=O) groups is 2. The Labute approximate surface area is 241 Å². The fourth-order valence-electron chi connectivity index (χ4n) is 6.04. The van der Waals surface area contributed by atoms with E-state index in [1.165, 1.54) is 19.1 Å². The van der Waals surface area contributed by atoms with E-state index < -0.39 is 17.6 Å². The number of halogens is 4. The lowest BCUT2D eigenvalue weighted by Gasteiger charge is -2.36. The first-order valence-corrected chi connectivity index (χ1v) is 13.8. The van der Waals surface area contributed by atoms with E-state index in [1.54, 1.807) is 0 Å². The number of likely N-dealkylation sites (tertiary alicyclic amines) is 2. The van der Waals surface area contributed by atoms with Crippen molar-refractivity contribution >= 4 is 35.8 Å². The highest BCUT2D eigenvalue weighted by molar-refractivity contribution is 6.30. The maximum absolute atomic E-state index is 14.8. The Balaban J connectivity index is 0.00000420. The van der Waals surface area contributed by atoms with Crippen molar-refractivity contribution in [3.8, 4) is 0 Å². The Morgan fingerprint density at radius 1 is 1.03 bits per heavy atom. The Kier molecular flexibility index (Phi) is 10.1. The summed E-state index contributed by atoms with van der Waals surface area (Å²) in [6.07, 6.45) is 1.58. The van der Waals surface area contributed by atoms with Gasteiger partial charge in [0.2, 0.25) is 11.8 Å². The molecule has 1 N–H and O–H groups in total. The Morgan fingerprint density at radius 3 is 2.26 bits per heavy atom. The zero-order valence-electron chi connectivity index (χ0n) is 23.3. The molecule has 2 amide bonds. The van der Waals surface area contributed by atoms with E-state index in [9.17, 15) is 18.4 Å². The molecule has 0 bridgehead atoms. The van der Waals surface area contributed by atoms with Gasteiger partial charge in [-0.25, -0.2) is 8.78 Å². The van der Waals surface area contributed by atoms with Crippen LogP contribution in [0.5, 0.6) is 0 Å². The molecule has 0 radical (unpaired) electrons. The number of piperidine rings is 1. The predicted molar refractivity (Wildman–Crippen MR) is 153 cm³/mol. The lowest BCUT2D eigenvalue weighted by atomic mass is 9.83. The van der Waals surface area contributed by atoms with Gasteiger partial charge in [0.1, 0.15) is 11.6 Å². The zero-order chi connectivity index (χ0) is 27.8. The van der Waals surface area contributed by atoms with Crippen LogP contribution in [-0.4, -0.2) is 53.3 Å². The molecule has 2 aromatic rings. The molecule has 2 aliphatic heterocycles. The van der Waals surface area contributed by atoms with Crippen molar-refractivity contribution in [1.82, 2.24) is 15.1 Å². The van der Waals surface area contributed by atoms with Gasteiger partial charge in [-0.1, -0.05) is 23.7 Å². The van der Waals surface area contributed by atoms with E-state index in [4.69, 9.17) is 11.6 Å². The van der Waals surface area contributed by atoms with E-state index >= 15 is 0 Å². The average Bonchev–Trinajstić information content (AvgIpc) is 3.29. The predicted octanol–water partition coefficient (Wildman–Crippen LogP) is 6.46. The summed E-state index contributed by atoms with van der Waals surface area (Å²) in [5.41, 5.74) is 2.38. The Hall–Kier alpha value is -2.22. The highest BCUT2D eigenvalue weighted by Crippen LogP contribution is 2.40. The summed E-state index contributed by atoms with van der Waals surface area (Å²) >= 11 is 6.28. The van der Waals surface area contributed by atoms with Gasteiger partial charge in [-0.15, -0.1) is 12.4 Å². The molecule has 3 atom stereocenters. The summed E-state index contributed by atoms with van der Waals surface area (Å²) in [6, 6.07) is 9.32. The standard InChI is InChI=1S/C30H38ClF2N3O2.ClH/c1-18(34-19(2)37)25-14-21(31)6-8-23(25)20-10-12-35(13-11-20)29(38)27-17-36(30(3,4)5)16-26(27)24-9-7-22(32)15-28(24)33;/h6-9,14-15,18,20,26-27H,10-13,16-17H2,1-5H3,(H,34,37);1H/t18-,26-,27+;/m0./s1. The second kappa shape index (κ2) is 12.5. The number of hydrogen-bond acceptors (Lipinski definition) is 3. The quantitative estimate of drug-likeness (QED) is 0.441. The fourth-order valence-corrected chi connectivity index (χ4v) is 6.22. The molecule has 9 heteroatoms. The number of nitrogens with one attached hydrogen (secondary N) is 1. The van der Waals surface area contributed by atoms with Crippen molar-refractivity contribution < 1.29 is 18.4 Å². The molecule has 0 unspecified atom stereocenters. The number of rotatable bonds is 5. The molecular weight excluding hydrogens is 543 g/mol. The number of benzene rings is 2. The van der Waals surface area contributed by atoms with Crippen LogP contribution in [0.3, 0.4) is 0 Å². The van der Waals surface area contributed by atoms with Crippen LogP contribution in [0.25, 0.3) is 0 Å². The average molecular weight is 583 g/mol. The van der Waals surface area contributed by atoms with Crippen LogP contribution in [0.4, 0.5) is 8.78 Å². The van der Waals surface area contributed by atoms with Crippen molar-refractivity contribution in [1.29, 1.82) is 0 Å². The molecule has 2 fully saturated rings. The summed E-state index contributed by atoms with van der Waals surface area (Å²) in [7, 11) is 0. The fraction of sp³-hybridized carbons (Fsp3) is 0.533. The molecule has 0 aliphatic carbocycles. The molecule has 214 valence electrons. The lowest BCUT2D eigenvalue weighted by molar-refractivity contribution is -0.136. The highest BCUT2D eigenvalue weighted by atomic mass is 35.5. The highest BCUT2D eigenvalue weighted by Gasteiger charge is 2.44. The second-order valence-corrected chi connectivity index (χ2v) is 12.2. The first-order chi connectivity index (χ1) is 17.8. The third-order valence-corrected chi connectivity index (χ3v) is 8.36. The van der Waals surface area contributed by atoms with E-state index in [0.29, 0.717) is 36.8 Å². The summed E-state index contributed by atoms with van der Waals surface area (Å²) in [6.45, 7) is 12.0. The van der Waals surface area contributed by atoms with Crippen LogP contribution in [0, 0.1) is 17.6 Å². The molecule has 2 saturated heterocycles. The monoisotopic (exact) mass is 581 g/mol. The van der Waals surface area contributed by atoms with Crippen molar-refractivity contribution in [2.75, 3.05) is 26.2 Å². The summed E-state index contributed by atoms with van der Waals surface area (Å²) in [5, 5.41) is 3.58. The largest absolute Gasteiger partial charge is 0.350 e. The minimum Gasteiger partial charge on any atom is -0.350 e. The summed E-state index contributed by atoms with van der Waals surface area (Å²) < 4.78 is 28.5. The van der Waals surface area contributed by atoms with Crippen molar-refractivity contribution in [3.63, 3.8) is 0 Å². The van der Waals surface area contributed by atoms with Crippen LogP contribution in [0.1, 0.15) is 82.0 Å². The van der Waals surface area contributed by atoms with Crippen molar-refractivity contribution in [3.05, 3.63) is 69.7 Å². The first-order valence-electron chi connectivity index (χ1n) is 13.4. The molecule has 0 aromatic heterocycles. The molecule has 0 spiro atoms. The maximum Gasteiger partial charge on any atom is 0.227 e. The van der Waals surface area contributed by atoms with Crippen LogP contribution in [0.15, 0.2) is 36.4 Å². The van der Waals surface area contributed by atoms with Gasteiger partial charge in [0.25, 0.3) is 0 Å². The molecule has 5 nitrogen and oxygen atoms in total. The third-order valence-electron chi connectivity index (χ3n) is 8.13. The number of carbonyl (C=O) groups excluding carboxylic acids is 2. The van der Waals surface area contributed by atoms with Crippen LogP contribution in [-0.2, 0) is 9.59 Å². The minimum absolute atomic E-state index is 0. The van der Waals surface area contributed by atoms with E-state index in [1.807, 2.05) is 30.0 Å². The molecule has 2 heterocycles. The smallest absolute Gasteiger partial charge is 0.227 e. The third kappa shape index (κ3) is 7.11. The van der Waals surface area contributed by atoms with Crippen LogP contribution in [0.2, 0.25) is 5.02 Å². The van der Waals surface area contributed by atoms with Gasteiger partial charge in [-0.3, -0.25) is 14.5 Å².